The molecule has 132 heavy (non-hydrogen) atoms. The molecule has 3 heterocycles. The highest BCUT2D eigenvalue weighted by molar-refractivity contribution is 8.38. The van der Waals surface area contributed by atoms with E-state index in [0.29, 0.717) is 47.5 Å². The van der Waals surface area contributed by atoms with Crippen LogP contribution in [0.15, 0.2) is 78.9 Å². The predicted octanol–water partition coefficient (Wildman–Crippen LogP) is 5.19. The minimum atomic E-state index is -1.79. The zero-order valence-electron chi connectivity index (χ0n) is 77.5. The number of rotatable bonds is 55. The highest BCUT2D eigenvalue weighted by Gasteiger charge is 2.51. The normalized spacial score (nSPS) is 21.8. The molecule has 0 aliphatic carbocycles. The Labute approximate surface area is 778 Å². The first kappa shape index (κ1) is 111. The van der Waals surface area contributed by atoms with Crippen molar-refractivity contribution in [1.82, 2.24) is 41.1 Å². The van der Waals surface area contributed by atoms with E-state index in [9.17, 15) is 62.3 Å². The molecule has 6 N–H and O–H groups in total. The molecule has 0 spiro atoms. The number of hydrogen-bond donors (Lipinski definition) is 6. The molecule has 3 aromatic carbocycles. The number of esters is 7. The van der Waals surface area contributed by atoms with E-state index in [4.69, 9.17) is 87.0 Å². The largest absolute Gasteiger partial charge is 0.497 e. The van der Waals surface area contributed by atoms with Crippen molar-refractivity contribution in [2.45, 2.75) is 252 Å². The van der Waals surface area contributed by atoms with Crippen molar-refractivity contribution in [3.63, 3.8) is 0 Å². The molecule has 3 saturated heterocycles. The van der Waals surface area contributed by atoms with Crippen molar-refractivity contribution in [3.8, 4) is 11.5 Å². The second-order valence-corrected chi connectivity index (χ2v) is 36.1. The standard InChI is InChI=1S/C90H130N8O31PS2/c1-54-80(93-57(4)99)87(127-71(50-119-60(7)102)83(54)123-63(10)105)116-47-23-18-28-75(108)91-41-21-22-43-98(86(113)74(126-79(112)40-39-77(110)96-132(130)131)53-122-90(66-26-16-15-17-27-66,67-31-35-69(114-13)36-32-67)68-33-37-70(115-14)38-34-68)46-45-97(78(111)30-20-25-49-118-89-82(95-59(6)101)56(3)85(125-65(12)107)73(129-89)52-121-62(9)104)44-42-92-76(109)29-19-24-48-117-88-81(94-58(5)100)55(2)84(124-64(11)106)72(128-88)51-120-61(8)103/h15-17,26-27,31-38,54-56,71-74,80-85,87-89,130H,18-25,28-30,39-53H2,1-14H3,(H,91,108)(H,92,109)(H,93,99)(H,94,100)(H,95,101)(H,96,110,131)/q-1/t54-,55-,56-,71?,72?,73?,74?,80?,81?,82?,83-,84-,85-,87-,88-,89-/m1/s1. The topological polar surface area (TPSA) is 482 Å². The highest BCUT2D eigenvalue weighted by atomic mass is 32.9. The maximum absolute atomic E-state index is 16.1. The lowest BCUT2D eigenvalue weighted by Gasteiger charge is -2.44. The summed E-state index contributed by atoms with van der Waals surface area (Å²) in [5.74, 6) is -9.26. The third kappa shape index (κ3) is 37.4. The third-order valence-corrected chi connectivity index (χ3v) is 22.8. The summed E-state index contributed by atoms with van der Waals surface area (Å²) in [5.41, 5.74) is 0.0900. The van der Waals surface area contributed by atoms with Crippen molar-refractivity contribution < 1.29 is 148 Å². The average Bonchev–Trinajstić information content (AvgIpc) is 0.735. The van der Waals surface area contributed by atoms with Crippen LogP contribution >= 0.6 is 8.02 Å². The van der Waals surface area contributed by atoms with Gasteiger partial charge in [0.05, 0.1) is 45.4 Å². The monoisotopic (exact) mass is 1910 g/mol. The van der Waals surface area contributed by atoms with E-state index in [2.05, 4.69) is 39.3 Å². The number of carbonyl (C=O) groups is 15. The second-order valence-electron chi connectivity index (χ2n) is 32.2. The van der Waals surface area contributed by atoms with E-state index in [1.807, 2.05) is 30.3 Å². The Hall–Kier alpha value is -10.1. The van der Waals surface area contributed by atoms with Gasteiger partial charge in [0, 0.05) is 165 Å². The zero-order valence-corrected chi connectivity index (χ0v) is 80.1. The summed E-state index contributed by atoms with van der Waals surface area (Å²) in [6.07, 6.45) is -9.73. The molecule has 3 aromatic rings. The molecule has 3 aliphatic heterocycles. The Morgan fingerprint density at radius 2 is 0.826 bits per heavy atom. The van der Waals surface area contributed by atoms with E-state index >= 15 is 9.59 Å². The van der Waals surface area contributed by atoms with Gasteiger partial charge in [-0.2, -0.15) is 0 Å². The lowest BCUT2D eigenvalue weighted by Crippen LogP contribution is -2.62. The van der Waals surface area contributed by atoms with Crippen LogP contribution in [0.1, 0.15) is 183 Å². The number of unbranched alkanes of at least 4 members (excludes halogenated alkanes) is 4. The molecule has 6 rings (SSSR count). The number of nitrogens with one attached hydrogen (secondary N) is 6. The molecule has 0 radical (unpaired) electrons. The lowest BCUT2D eigenvalue weighted by molar-refractivity contribution is -0.262. The molecule has 39 nitrogen and oxygen atoms in total. The fourth-order valence-electron chi connectivity index (χ4n) is 15.5. The molecular weight excluding hydrogens is 1780 g/mol. The summed E-state index contributed by atoms with van der Waals surface area (Å²) in [6.45, 7) is 14.2. The number of methoxy groups -OCH3 is 2. The van der Waals surface area contributed by atoms with Crippen LogP contribution in [0.5, 0.6) is 11.5 Å². The van der Waals surface area contributed by atoms with Crippen molar-refractivity contribution in [2.24, 2.45) is 17.8 Å². The second kappa shape index (κ2) is 57.5. The number of nitrogens with zero attached hydrogens (tertiary/aromatic N) is 2. The SMILES string of the molecule is COc1ccc(C(OCC(OC(=O)CCC(=O)N[S-](=P)=S)C(=O)N(CCCCNC(=O)CCCCO[C@@H]2OC(COC(C)=O)[C@H](OC(C)=O)[C@H](C)C2NC(C)=O)CCN(CCNC(=O)CCCCO[C@@H]2OC(COC(C)=O)[C@H](OC(C)=O)[C@H](C)C2NC(C)=O)C(=O)CCCCO[C@@H]2OC(COC(C)=O)[C@H](OC(C)=O)[C@H](C)C2NC(C)=O)(c2ccccc2)c2ccc(OC)cc2)cc1. The maximum Gasteiger partial charge on any atom is 0.307 e. The first-order chi connectivity index (χ1) is 62.8. The Morgan fingerprint density at radius 3 is 1.20 bits per heavy atom. The molecule has 0 aromatic heterocycles. The molecule has 7 unspecified atom stereocenters. The van der Waals surface area contributed by atoms with Gasteiger partial charge in [-0.05, 0) is 92.3 Å². The van der Waals surface area contributed by atoms with Crippen LogP contribution in [-0.4, -0.2) is 278 Å². The molecule has 0 saturated carbocycles. The lowest BCUT2D eigenvalue weighted by atomic mass is 9.80. The van der Waals surface area contributed by atoms with Crippen LogP contribution in [0.2, 0.25) is 0 Å². The number of benzene rings is 3. The van der Waals surface area contributed by atoms with Crippen LogP contribution in [0.4, 0.5) is 0 Å². The summed E-state index contributed by atoms with van der Waals surface area (Å²) in [6, 6.07) is 20.8. The van der Waals surface area contributed by atoms with Crippen LogP contribution < -0.4 is 40.8 Å². The van der Waals surface area contributed by atoms with Gasteiger partial charge in [0.25, 0.3) is 5.91 Å². The van der Waals surface area contributed by atoms with Gasteiger partial charge in [0.15, 0.2) is 18.9 Å². The molecule has 42 heteroatoms. The molecule has 734 valence electrons. The fourth-order valence-corrected chi connectivity index (χ4v) is 16.4. The summed E-state index contributed by atoms with van der Waals surface area (Å²) in [5, 5.41) is 14.3. The molecule has 8 amide bonds. The molecule has 16 atom stereocenters. The van der Waals surface area contributed by atoms with Gasteiger partial charge in [-0.15, -0.1) is 0 Å². The van der Waals surface area contributed by atoms with Gasteiger partial charge in [-0.3, -0.25) is 88.8 Å². The molecular formula is C90H130N8O31PS2-. The van der Waals surface area contributed by atoms with E-state index in [0.717, 1.165) is 0 Å². The van der Waals surface area contributed by atoms with Gasteiger partial charge in [0.1, 0.15) is 73.5 Å². The van der Waals surface area contributed by atoms with E-state index in [1.165, 1.54) is 86.3 Å². The van der Waals surface area contributed by atoms with Gasteiger partial charge >= 0.3 is 41.8 Å². The minimum absolute atomic E-state index is 0.0233. The molecule has 3 fully saturated rings. The molecule has 3 aliphatic rings. The van der Waals surface area contributed by atoms with E-state index < -0.39 is 214 Å². The van der Waals surface area contributed by atoms with Crippen molar-refractivity contribution >= 4 is 117 Å². The first-order valence-electron chi connectivity index (χ1n) is 44.1. The van der Waals surface area contributed by atoms with Gasteiger partial charge in [-0.25, -0.2) is 11.2 Å². The van der Waals surface area contributed by atoms with E-state index in [1.54, 1.807) is 69.3 Å². The number of amides is 8. The Kier molecular flexibility index (Phi) is 48.2. The summed E-state index contributed by atoms with van der Waals surface area (Å²) in [7, 11) is 5.07. The predicted molar refractivity (Wildman–Crippen MR) is 479 cm³/mol. The van der Waals surface area contributed by atoms with Crippen LogP contribution in [0.3, 0.4) is 0 Å². The summed E-state index contributed by atoms with van der Waals surface area (Å²) in [4.78, 5) is 199. The minimum Gasteiger partial charge on any atom is -0.497 e. The maximum atomic E-state index is 16.1. The van der Waals surface area contributed by atoms with Gasteiger partial charge < -0.3 is 117 Å². The van der Waals surface area contributed by atoms with Crippen LogP contribution in [0, 0.1) is 17.8 Å². The fraction of sp³-hybridized carbons (Fsp3) is 0.633. The van der Waals surface area contributed by atoms with Gasteiger partial charge in [0.2, 0.25) is 47.5 Å². The third-order valence-electron chi connectivity index (χ3n) is 21.9. The van der Waals surface area contributed by atoms with Gasteiger partial charge in [-0.1, -0.05) is 75.4 Å². The number of ether oxygens (including phenoxy) is 16. The molecule has 0 bridgehead atoms. The first-order valence-corrected chi connectivity index (χ1v) is 47.5. The zero-order chi connectivity index (χ0) is 97.2. The van der Waals surface area contributed by atoms with Crippen molar-refractivity contribution in [1.29, 1.82) is 0 Å². The number of carbonyl (C=O) groups excluding carboxylic acids is 15. The smallest absolute Gasteiger partial charge is 0.307 e. The summed E-state index contributed by atoms with van der Waals surface area (Å²) >= 11 is 5.14. The summed E-state index contributed by atoms with van der Waals surface area (Å²) < 4.78 is 96.9. The Morgan fingerprint density at radius 1 is 0.439 bits per heavy atom. The van der Waals surface area contributed by atoms with E-state index in [-0.39, 0.29) is 136 Å². The average molecular weight is 1920 g/mol. The van der Waals surface area contributed by atoms with Crippen molar-refractivity contribution in [3.05, 3.63) is 95.6 Å². The quantitative estimate of drug-likeness (QED) is 0.0106. The van der Waals surface area contributed by atoms with Crippen LogP contribution in [0.25, 0.3) is 0 Å². The van der Waals surface area contributed by atoms with Crippen molar-refractivity contribution in [2.75, 3.05) is 99.7 Å². The Balaban J connectivity index is 1.31. The Bertz CT molecular complexity index is 4300. The number of hydrogen-bond acceptors (Lipinski definition) is 33. The van der Waals surface area contributed by atoms with Crippen LogP contribution in [-0.2, 0) is 164 Å². The highest BCUT2D eigenvalue weighted by Crippen LogP contribution is 2.43.